The summed E-state index contributed by atoms with van der Waals surface area (Å²) in [6.07, 6.45) is 1.36. The lowest BCUT2D eigenvalue weighted by atomic mass is 10.1. The van der Waals surface area contributed by atoms with E-state index in [0.717, 1.165) is 0 Å². The first-order valence-corrected chi connectivity index (χ1v) is 9.84. The zero-order chi connectivity index (χ0) is 23.5. The largest absolute Gasteiger partial charge is 0.490 e. The minimum absolute atomic E-state index is 0.0529. The van der Waals surface area contributed by atoms with E-state index in [9.17, 15) is 25.0 Å². The summed E-state index contributed by atoms with van der Waals surface area (Å²) in [7, 11) is 1.31. The SMILES string of the molecule is COc1ccc(C2=N/C(=C/c3ccc(N4CCOCC4)c([N+](=O)[O-])c3)C(=O)O2)cc1[N+](=O)[O-]. The number of morpholine rings is 1. The highest BCUT2D eigenvalue weighted by molar-refractivity contribution is 6.13. The monoisotopic (exact) mass is 454 g/mol. The number of carbonyl (C=O) groups is 1. The van der Waals surface area contributed by atoms with Crippen LogP contribution in [0, 0.1) is 20.2 Å². The lowest BCUT2D eigenvalue weighted by Crippen LogP contribution is -2.36. The lowest BCUT2D eigenvalue weighted by molar-refractivity contribution is -0.385. The fourth-order valence-electron chi connectivity index (χ4n) is 3.50. The third kappa shape index (κ3) is 4.50. The molecule has 33 heavy (non-hydrogen) atoms. The molecule has 12 heteroatoms. The zero-order valence-electron chi connectivity index (χ0n) is 17.4. The fourth-order valence-corrected chi connectivity index (χ4v) is 3.50. The van der Waals surface area contributed by atoms with E-state index in [4.69, 9.17) is 14.2 Å². The van der Waals surface area contributed by atoms with Crippen LogP contribution in [0.25, 0.3) is 6.08 Å². The molecule has 0 unspecified atom stereocenters. The van der Waals surface area contributed by atoms with Crippen molar-refractivity contribution in [1.82, 2.24) is 0 Å². The minimum Gasteiger partial charge on any atom is -0.490 e. The maximum atomic E-state index is 12.3. The molecule has 0 bridgehead atoms. The molecule has 0 spiro atoms. The molecule has 2 aromatic rings. The standard InChI is InChI=1S/C21H18N4O8/c1-31-19-5-3-14(12-18(19)25(29)30)20-22-15(21(26)33-20)10-13-2-4-16(17(11-13)24(27)28)23-6-8-32-9-7-23/h2-5,10-12H,6-9H2,1H3/b15-10+. The number of cyclic esters (lactones) is 1. The molecular weight excluding hydrogens is 436 g/mol. The summed E-state index contributed by atoms with van der Waals surface area (Å²) in [4.78, 5) is 40.1. The Bertz CT molecular complexity index is 1200. The van der Waals surface area contributed by atoms with E-state index in [1.54, 1.807) is 12.1 Å². The number of methoxy groups -OCH3 is 1. The van der Waals surface area contributed by atoms with Crippen LogP contribution in [-0.4, -0.2) is 55.1 Å². The van der Waals surface area contributed by atoms with E-state index in [2.05, 4.69) is 4.99 Å². The zero-order valence-corrected chi connectivity index (χ0v) is 17.4. The summed E-state index contributed by atoms with van der Waals surface area (Å²) >= 11 is 0. The molecule has 2 aliphatic heterocycles. The molecule has 4 rings (SSSR count). The van der Waals surface area contributed by atoms with Crippen molar-refractivity contribution in [2.45, 2.75) is 0 Å². The first-order valence-electron chi connectivity index (χ1n) is 9.84. The predicted molar refractivity (Wildman–Crippen MR) is 116 cm³/mol. The van der Waals surface area contributed by atoms with Crippen molar-refractivity contribution >= 4 is 35.0 Å². The Balaban J connectivity index is 1.66. The average molecular weight is 454 g/mol. The third-order valence-corrected chi connectivity index (χ3v) is 5.09. The molecule has 0 N–H and O–H groups in total. The van der Waals surface area contributed by atoms with Gasteiger partial charge in [0.05, 0.1) is 30.2 Å². The molecule has 0 radical (unpaired) electrons. The topological polar surface area (TPSA) is 147 Å². The smallest absolute Gasteiger partial charge is 0.363 e. The number of benzene rings is 2. The molecule has 0 atom stereocenters. The molecule has 0 amide bonds. The predicted octanol–water partition coefficient (Wildman–Crippen LogP) is 2.69. The van der Waals surface area contributed by atoms with Crippen molar-refractivity contribution in [3.05, 3.63) is 73.5 Å². The molecule has 0 aliphatic carbocycles. The van der Waals surface area contributed by atoms with Crippen molar-refractivity contribution in [1.29, 1.82) is 0 Å². The van der Waals surface area contributed by atoms with Gasteiger partial charge >= 0.3 is 11.7 Å². The van der Waals surface area contributed by atoms with Crippen molar-refractivity contribution in [3.63, 3.8) is 0 Å². The van der Waals surface area contributed by atoms with Gasteiger partial charge in [0, 0.05) is 30.8 Å². The van der Waals surface area contributed by atoms with Gasteiger partial charge in [0.25, 0.3) is 5.69 Å². The highest BCUT2D eigenvalue weighted by Gasteiger charge is 2.27. The van der Waals surface area contributed by atoms with Crippen LogP contribution in [-0.2, 0) is 14.3 Å². The van der Waals surface area contributed by atoms with E-state index in [-0.39, 0.29) is 34.3 Å². The van der Waals surface area contributed by atoms with Gasteiger partial charge in [-0.15, -0.1) is 0 Å². The minimum atomic E-state index is -0.775. The van der Waals surface area contributed by atoms with Crippen LogP contribution >= 0.6 is 0 Å². The van der Waals surface area contributed by atoms with Crippen LogP contribution in [0.5, 0.6) is 5.75 Å². The molecule has 2 aliphatic rings. The van der Waals surface area contributed by atoms with Crippen molar-refractivity contribution < 1.29 is 28.9 Å². The number of rotatable bonds is 6. The van der Waals surface area contributed by atoms with Gasteiger partial charge in [-0.25, -0.2) is 9.79 Å². The summed E-state index contributed by atoms with van der Waals surface area (Å²) in [5, 5.41) is 22.9. The number of ether oxygens (including phenoxy) is 3. The van der Waals surface area contributed by atoms with Gasteiger partial charge in [0.15, 0.2) is 11.4 Å². The summed E-state index contributed by atoms with van der Waals surface area (Å²) in [6, 6.07) is 8.66. The van der Waals surface area contributed by atoms with E-state index < -0.39 is 15.8 Å². The summed E-state index contributed by atoms with van der Waals surface area (Å²) in [5.41, 5.74) is 0.573. The number of hydrogen-bond donors (Lipinski definition) is 0. The molecule has 1 saturated heterocycles. The number of carbonyl (C=O) groups excluding carboxylic acids is 1. The van der Waals surface area contributed by atoms with Crippen LogP contribution < -0.4 is 9.64 Å². The second-order valence-electron chi connectivity index (χ2n) is 7.08. The molecule has 0 saturated carbocycles. The van der Waals surface area contributed by atoms with Gasteiger partial charge in [0.1, 0.15) is 5.69 Å². The Hall–Kier alpha value is -4.32. The van der Waals surface area contributed by atoms with E-state index in [1.807, 2.05) is 4.90 Å². The highest BCUT2D eigenvalue weighted by Crippen LogP contribution is 2.32. The van der Waals surface area contributed by atoms with Crippen molar-refractivity contribution in [2.75, 3.05) is 38.3 Å². The lowest BCUT2D eigenvalue weighted by Gasteiger charge is -2.28. The molecular formula is C21H18N4O8. The summed E-state index contributed by atoms with van der Waals surface area (Å²) in [6.45, 7) is 2.04. The molecule has 170 valence electrons. The van der Waals surface area contributed by atoms with Gasteiger partial charge in [0.2, 0.25) is 5.90 Å². The quantitative estimate of drug-likeness (QED) is 0.278. The number of hydrogen-bond acceptors (Lipinski definition) is 10. The Morgan fingerprint density at radius 2 is 1.79 bits per heavy atom. The van der Waals surface area contributed by atoms with Crippen LogP contribution in [0.2, 0.25) is 0 Å². The summed E-state index contributed by atoms with van der Waals surface area (Å²) in [5.74, 6) is -0.836. The maximum absolute atomic E-state index is 12.3. The normalized spacial score (nSPS) is 17.0. The Morgan fingerprint density at radius 1 is 1.06 bits per heavy atom. The van der Waals surface area contributed by atoms with Crippen LogP contribution in [0.4, 0.5) is 17.1 Å². The number of aliphatic imine (C=N–C) groups is 1. The van der Waals surface area contributed by atoms with Gasteiger partial charge in [-0.3, -0.25) is 20.2 Å². The van der Waals surface area contributed by atoms with E-state index in [1.165, 1.54) is 37.5 Å². The molecule has 12 nitrogen and oxygen atoms in total. The van der Waals surface area contributed by atoms with E-state index in [0.29, 0.717) is 37.6 Å². The molecule has 0 aromatic heterocycles. The fraction of sp³-hybridized carbons (Fsp3) is 0.238. The van der Waals surface area contributed by atoms with E-state index >= 15 is 0 Å². The van der Waals surface area contributed by atoms with Crippen molar-refractivity contribution in [3.8, 4) is 5.75 Å². The van der Waals surface area contributed by atoms with Crippen LogP contribution in [0.3, 0.4) is 0 Å². The highest BCUT2D eigenvalue weighted by atomic mass is 16.6. The van der Waals surface area contributed by atoms with Crippen molar-refractivity contribution in [2.24, 2.45) is 4.99 Å². The van der Waals surface area contributed by atoms with Gasteiger partial charge < -0.3 is 19.1 Å². The Morgan fingerprint density at radius 3 is 2.45 bits per heavy atom. The second-order valence-corrected chi connectivity index (χ2v) is 7.08. The average Bonchev–Trinajstić information content (AvgIpc) is 3.19. The summed E-state index contributed by atoms with van der Waals surface area (Å²) < 4.78 is 15.4. The first-order chi connectivity index (χ1) is 15.9. The van der Waals surface area contributed by atoms with Gasteiger partial charge in [-0.05, 0) is 29.8 Å². The Labute approximate surface area is 187 Å². The molecule has 1 fully saturated rings. The van der Waals surface area contributed by atoms with Crippen LogP contribution in [0.1, 0.15) is 11.1 Å². The number of esters is 1. The molecule has 2 heterocycles. The third-order valence-electron chi connectivity index (χ3n) is 5.09. The number of anilines is 1. The molecule has 2 aromatic carbocycles. The van der Waals surface area contributed by atoms with Gasteiger partial charge in [-0.1, -0.05) is 6.07 Å². The van der Waals surface area contributed by atoms with Crippen LogP contribution in [0.15, 0.2) is 47.1 Å². The number of nitro benzene ring substituents is 2. The first kappa shape index (κ1) is 21.9. The van der Waals surface area contributed by atoms with Gasteiger partial charge in [-0.2, -0.15) is 0 Å². The Kier molecular flexibility index (Phi) is 6.00. The number of nitrogens with zero attached hydrogens (tertiary/aromatic N) is 4. The number of nitro groups is 2. The second kappa shape index (κ2) is 9.04. The maximum Gasteiger partial charge on any atom is 0.363 e.